The van der Waals surface area contributed by atoms with Gasteiger partial charge in [0.1, 0.15) is 10.6 Å². The van der Waals surface area contributed by atoms with Gasteiger partial charge in [-0.25, -0.2) is 17.2 Å². The normalized spacial score (nSPS) is 28.0. The van der Waals surface area contributed by atoms with Crippen LogP contribution in [0.4, 0.5) is 8.78 Å². The molecular weight excluding hydrogens is 436 g/mol. The number of sulfone groups is 1. The van der Waals surface area contributed by atoms with E-state index in [0.29, 0.717) is 5.02 Å². The van der Waals surface area contributed by atoms with Gasteiger partial charge < -0.3 is 9.84 Å². The van der Waals surface area contributed by atoms with Crippen molar-refractivity contribution in [3.05, 3.63) is 58.6 Å². The molecule has 30 heavy (non-hydrogen) atoms. The maximum atomic E-state index is 15.1. The quantitative estimate of drug-likeness (QED) is 0.755. The van der Waals surface area contributed by atoms with Crippen molar-refractivity contribution in [2.45, 2.75) is 40.9 Å². The van der Waals surface area contributed by atoms with Crippen LogP contribution in [-0.4, -0.2) is 25.7 Å². The van der Waals surface area contributed by atoms with E-state index >= 15 is 4.39 Å². The maximum absolute atomic E-state index is 15.1. The fraction of sp³-hybridized carbons (Fsp3) is 0.381. The molecule has 1 fully saturated rings. The van der Waals surface area contributed by atoms with E-state index in [4.69, 9.17) is 21.6 Å². The van der Waals surface area contributed by atoms with Crippen molar-refractivity contribution < 1.29 is 27.0 Å². The number of rotatable bonds is 3. The van der Waals surface area contributed by atoms with Crippen LogP contribution < -0.4 is 4.74 Å². The summed E-state index contributed by atoms with van der Waals surface area (Å²) in [6.45, 7) is -0.228. The van der Waals surface area contributed by atoms with Gasteiger partial charge in [-0.05, 0) is 55.7 Å². The molecule has 3 atom stereocenters. The Bertz CT molecular complexity index is 1150. The van der Waals surface area contributed by atoms with Gasteiger partial charge in [-0.3, -0.25) is 0 Å². The van der Waals surface area contributed by atoms with E-state index in [1.165, 1.54) is 24.3 Å². The van der Waals surface area contributed by atoms with Crippen LogP contribution in [0.3, 0.4) is 0 Å². The Morgan fingerprint density at radius 1 is 1.17 bits per heavy atom. The predicted octanol–water partition coefficient (Wildman–Crippen LogP) is 4.12. The van der Waals surface area contributed by atoms with E-state index in [-0.39, 0.29) is 42.7 Å². The standard InChI is InChI=1S/C21H18ClF2NO4S/c22-14-1-3-15(4-2-14)30(27,28)21-8-7-20(26,9-10-25)11-13(21)12-29-19-17(24)6-5-16(23)18(19)21/h1-6,13,26H,7-9,11-12H2/t13-,20-,21+/m1/s1. The van der Waals surface area contributed by atoms with Crippen molar-refractivity contribution in [1.82, 2.24) is 0 Å². The molecular formula is C21H18ClF2NO4S. The molecule has 0 bridgehead atoms. The first kappa shape index (κ1) is 21.0. The second-order valence-corrected chi connectivity index (χ2v) is 10.5. The van der Waals surface area contributed by atoms with E-state index in [2.05, 4.69) is 0 Å². The number of ether oxygens (including phenoxy) is 1. The average molecular weight is 454 g/mol. The number of aliphatic hydroxyl groups is 1. The minimum Gasteiger partial charge on any atom is -0.490 e. The predicted molar refractivity (Wildman–Crippen MR) is 105 cm³/mol. The van der Waals surface area contributed by atoms with Crippen LogP contribution in [0.15, 0.2) is 41.3 Å². The highest BCUT2D eigenvalue weighted by atomic mass is 35.5. The third-order valence-corrected chi connectivity index (χ3v) is 9.02. The first-order valence-electron chi connectivity index (χ1n) is 9.35. The first-order chi connectivity index (χ1) is 14.1. The highest BCUT2D eigenvalue weighted by molar-refractivity contribution is 7.92. The molecule has 1 N–H and O–H groups in total. The summed E-state index contributed by atoms with van der Waals surface area (Å²) in [5.74, 6) is -3.05. The number of fused-ring (bicyclic) bond motifs is 3. The van der Waals surface area contributed by atoms with Crippen molar-refractivity contribution in [2.24, 2.45) is 5.92 Å². The van der Waals surface area contributed by atoms with Crippen molar-refractivity contribution in [3.8, 4) is 11.8 Å². The number of halogens is 3. The van der Waals surface area contributed by atoms with Crippen molar-refractivity contribution in [1.29, 1.82) is 5.26 Å². The summed E-state index contributed by atoms with van der Waals surface area (Å²) in [5, 5.41) is 20.2. The molecule has 2 aromatic rings. The fourth-order valence-corrected chi connectivity index (χ4v) is 7.20. The second kappa shape index (κ2) is 7.19. The Balaban J connectivity index is 1.98. The number of nitrogens with zero attached hydrogens (tertiary/aromatic N) is 1. The minimum atomic E-state index is -4.26. The molecule has 0 amide bonds. The number of hydrogen-bond donors (Lipinski definition) is 1. The lowest BCUT2D eigenvalue weighted by Gasteiger charge is -2.51. The summed E-state index contributed by atoms with van der Waals surface area (Å²) >= 11 is 5.89. The molecule has 0 aromatic heterocycles. The van der Waals surface area contributed by atoms with E-state index in [9.17, 15) is 17.9 Å². The zero-order valence-electron chi connectivity index (χ0n) is 15.7. The lowest BCUT2D eigenvalue weighted by molar-refractivity contribution is -0.0429. The van der Waals surface area contributed by atoms with Crippen LogP contribution >= 0.6 is 11.6 Å². The topological polar surface area (TPSA) is 87.4 Å². The Hall–Kier alpha value is -2.21. The van der Waals surface area contributed by atoms with E-state index in [0.717, 1.165) is 12.1 Å². The number of nitriles is 1. The van der Waals surface area contributed by atoms with Gasteiger partial charge in [-0.2, -0.15) is 5.26 Å². The molecule has 1 aliphatic heterocycles. The summed E-state index contributed by atoms with van der Waals surface area (Å²) in [5.41, 5.74) is -1.78. The van der Waals surface area contributed by atoms with Gasteiger partial charge >= 0.3 is 0 Å². The summed E-state index contributed by atoms with van der Waals surface area (Å²) in [7, 11) is -4.26. The van der Waals surface area contributed by atoms with Crippen molar-refractivity contribution in [2.75, 3.05) is 6.61 Å². The molecule has 1 aliphatic carbocycles. The lowest BCUT2D eigenvalue weighted by Crippen LogP contribution is -2.56. The molecule has 2 aromatic carbocycles. The van der Waals surface area contributed by atoms with Crippen LogP contribution in [0.2, 0.25) is 5.02 Å². The molecule has 1 saturated carbocycles. The molecule has 1 heterocycles. The van der Waals surface area contributed by atoms with E-state index < -0.39 is 43.5 Å². The fourth-order valence-electron chi connectivity index (χ4n) is 4.74. The Morgan fingerprint density at radius 3 is 2.50 bits per heavy atom. The summed E-state index contributed by atoms with van der Waals surface area (Å²) in [6, 6.07) is 9.17. The van der Waals surface area contributed by atoms with Gasteiger partial charge in [0, 0.05) is 10.9 Å². The molecule has 158 valence electrons. The molecule has 4 rings (SSSR count). The average Bonchev–Trinajstić information content (AvgIpc) is 2.70. The molecule has 0 saturated heterocycles. The third-order valence-electron chi connectivity index (χ3n) is 6.17. The van der Waals surface area contributed by atoms with Gasteiger partial charge in [0.2, 0.25) is 0 Å². The molecule has 0 unspecified atom stereocenters. The van der Waals surface area contributed by atoms with Gasteiger partial charge in [-0.15, -0.1) is 0 Å². The van der Waals surface area contributed by atoms with Gasteiger partial charge in [0.25, 0.3) is 0 Å². The molecule has 5 nitrogen and oxygen atoms in total. The van der Waals surface area contributed by atoms with Crippen LogP contribution in [0.25, 0.3) is 0 Å². The van der Waals surface area contributed by atoms with Crippen LogP contribution in [0, 0.1) is 28.9 Å². The van der Waals surface area contributed by atoms with Crippen molar-refractivity contribution >= 4 is 21.4 Å². The zero-order chi connectivity index (χ0) is 21.7. The summed E-state index contributed by atoms with van der Waals surface area (Å²) < 4.78 is 61.0. The smallest absolute Gasteiger partial charge is 0.188 e. The molecule has 2 aliphatic rings. The summed E-state index contributed by atoms with van der Waals surface area (Å²) in [6.07, 6.45) is -0.529. The minimum absolute atomic E-state index is 0.0563. The van der Waals surface area contributed by atoms with E-state index in [1.807, 2.05) is 6.07 Å². The lowest BCUT2D eigenvalue weighted by atomic mass is 9.66. The van der Waals surface area contributed by atoms with E-state index in [1.54, 1.807) is 0 Å². The first-order valence-corrected chi connectivity index (χ1v) is 11.2. The Kier molecular flexibility index (Phi) is 5.04. The number of benzene rings is 2. The van der Waals surface area contributed by atoms with Gasteiger partial charge in [0.05, 0.1) is 35.2 Å². The summed E-state index contributed by atoms with van der Waals surface area (Å²) in [4.78, 5) is -0.0841. The van der Waals surface area contributed by atoms with Crippen LogP contribution in [0.5, 0.6) is 5.75 Å². The highest BCUT2D eigenvalue weighted by Crippen LogP contribution is 2.58. The molecule has 0 radical (unpaired) electrons. The number of hydrogen-bond acceptors (Lipinski definition) is 5. The largest absolute Gasteiger partial charge is 0.490 e. The monoisotopic (exact) mass is 453 g/mol. The van der Waals surface area contributed by atoms with Gasteiger partial charge in [0.15, 0.2) is 21.4 Å². The molecule has 9 heteroatoms. The van der Waals surface area contributed by atoms with Crippen LogP contribution in [0.1, 0.15) is 31.2 Å². The third kappa shape index (κ3) is 2.99. The Labute approximate surface area is 177 Å². The van der Waals surface area contributed by atoms with Gasteiger partial charge in [-0.1, -0.05) is 11.6 Å². The zero-order valence-corrected chi connectivity index (χ0v) is 17.3. The second-order valence-electron chi connectivity index (χ2n) is 7.85. The maximum Gasteiger partial charge on any atom is 0.188 e. The molecule has 0 spiro atoms. The Morgan fingerprint density at radius 2 is 1.83 bits per heavy atom. The van der Waals surface area contributed by atoms with Crippen molar-refractivity contribution in [3.63, 3.8) is 0 Å². The van der Waals surface area contributed by atoms with Crippen LogP contribution in [-0.2, 0) is 14.6 Å². The highest BCUT2D eigenvalue weighted by Gasteiger charge is 2.61. The SMILES string of the molecule is N#CC[C@]1(O)CC[C@@]2(S(=O)(=O)c3ccc(Cl)cc3)c3c(F)ccc(F)c3OC[C@H]2C1.